The van der Waals surface area contributed by atoms with E-state index in [4.69, 9.17) is 6.42 Å². The van der Waals surface area contributed by atoms with Gasteiger partial charge in [0.15, 0.2) is 0 Å². The molecule has 0 aromatic heterocycles. The number of terminal acetylenes is 1. The molecule has 1 aliphatic heterocycles. The van der Waals surface area contributed by atoms with Crippen molar-refractivity contribution in [3.05, 3.63) is 0 Å². The van der Waals surface area contributed by atoms with Gasteiger partial charge in [0.25, 0.3) is 0 Å². The van der Waals surface area contributed by atoms with Crippen LogP contribution >= 0.6 is 0 Å². The van der Waals surface area contributed by atoms with Crippen LogP contribution in [0.4, 0.5) is 0 Å². The van der Waals surface area contributed by atoms with E-state index in [2.05, 4.69) is 11.2 Å². The molecule has 1 aliphatic rings. The normalized spacial score (nSPS) is 23.7. The fourth-order valence-corrected chi connectivity index (χ4v) is 1.80. The second kappa shape index (κ2) is 4.35. The van der Waals surface area contributed by atoms with E-state index in [-0.39, 0.29) is 30.3 Å². The number of hydrogen-bond donors (Lipinski definition) is 1. The van der Waals surface area contributed by atoms with Crippen LogP contribution in [0.25, 0.3) is 0 Å². The molecule has 1 rings (SSSR count). The van der Waals surface area contributed by atoms with Crippen molar-refractivity contribution in [1.82, 2.24) is 10.2 Å². The van der Waals surface area contributed by atoms with E-state index in [0.29, 0.717) is 0 Å². The van der Waals surface area contributed by atoms with Crippen LogP contribution < -0.4 is 5.32 Å². The van der Waals surface area contributed by atoms with Gasteiger partial charge in [-0.1, -0.05) is 19.8 Å². The van der Waals surface area contributed by atoms with Gasteiger partial charge >= 0.3 is 0 Å². The summed E-state index contributed by atoms with van der Waals surface area (Å²) >= 11 is 0. The number of carbonyl (C=O) groups is 2. The van der Waals surface area contributed by atoms with Crippen molar-refractivity contribution in [1.29, 1.82) is 0 Å². The SMILES string of the molecule is C#CC(C)N1C(=O)CNC(=O)C1C(C)C. The third-order valence-corrected chi connectivity index (χ3v) is 2.56. The molecule has 82 valence electrons. The lowest BCUT2D eigenvalue weighted by molar-refractivity contribution is -0.148. The minimum absolute atomic E-state index is 0.0497. The van der Waals surface area contributed by atoms with Crippen LogP contribution in [0.15, 0.2) is 0 Å². The molecule has 1 fully saturated rings. The number of amides is 2. The van der Waals surface area contributed by atoms with Crippen molar-refractivity contribution < 1.29 is 9.59 Å². The number of carbonyl (C=O) groups excluding carboxylic acids is 2. The Labute approximate surface area is 90.0 Å². The minimum atomic E-state index is -0.447. The number of piperazine rings is 1. The minimum Gasteiger partial charge on any atom is -0.345 e. The van der Waals surface area contributed by atoms with Crippen molar-refractivity contribution in [3.8, 4) is 12.3 Å². The van der Waals surface area contributed by atoms with Crippen LogP contribution in [0.1, 0.15) is 20.8 Å². The highest BCUT2D eigenvalue weighted by Crippen LogP contribution is 2.17. The fourth-order valence-electron chi connectivity index (χ4n) is 1.80. The molecule has 0 aromatic carbocycles. The molecule has 0 saturated carbocycles. The predicted octanol–water partition coefficient (Wildman–Crippen LogP) is -0.00890. The maximum absolute atomic E-state index is 11.7. The first-order valence-electron chi connectivity index (χ1n) is 5.04. The summed E-state index contributed by atoms with van der Waals surface area (Å²) in [5, 5.41) is 2.57. The Morgan fingerprint density at radius 1 is 1.47 bits per heavy atom. The Kier molecular flexibility index (Phi) is 3.35. The van der Waals surface area contributed by atoms with Crippen molar-refractivity contribution >= 4 is 11.8 Å². The molecule has 0 bridgehead atoms. The van der Waals surface area contributed by atoms with E-state index < -0.39 is 6.04 Å². The molecule has 4 nitrogen and oxygen atoms in total. The van der Waals surface area contributed by atoms with Crippen LogP contribution in [0, 0.1) is 18.3 Å². The summed E-state index contributed by atoms with van der Waals surface area (Å²) in [6.07, 6.45) is 5.30. The molecule has 0 aliphatic carbocycles. The quantitative estimate of drug-likeness (QED) is 0.649. The predicted molar refractivity (Wildman–Crippen MR) is 56.8 cm³/mol. The zero-order chi connectivity index (χ0) is 11.6. The average molecular weight is 208 g/mol. The first kappa shape index (κ1) is 11.6. The van der Waals surface area contributed by atoms with Crippen LogP contribution in [0.2, 0.25) is 0 Å². The molecule has 2 unspecified atom stereocenters. The highest BCUT2D eigenvalue weighted by Gasteiger charge is 2.38. The zero-order valence-electron chi connectivity index (χ0n) is 9.28. The van der Waals surface area contributed by atoms with Gasteiger partial charge in [-0.15, -0.1) is 6.42 Å². The number of nitrogens with zero attached hydrogens (tertiary/aromatic N) is 1. The van der Waals surface area contributed by atoms with E-state index >= 15 is 0 Å². The molecule has 0 spiro atoms. The molecule has 0 aromatic rings. The average Bonchev–Trinajstić information content (AvgIpc) is 2.19. The van der Waals surface area contributed by atoms with Gasteiger partial charge in [0.2, 0.25) is 11.8 Å². The summed E-state index contributed by atoms with van der Waals surface area (Å²) in [5.74, 6) is 2.32. The van der Waals surface area contributed by atoms with E-state index in [1.165, 1.54) is 4.90 Å². The summed E-state index contributed by atoms with van der Waals surface area (Å²) in [4.78, 5) is 24.8. The van der Waals surface area contributed by atoms with Gasteiger partial charge in [-0.3, -0.25) is 9.59 Å². The van der Waals surface area contributed by atoms with Crippen LogP contribution in [0.5, 0.6) is 0 Å². The Morgan fingerprint density at radius 2 is 2.07 bits per heavy atom. The molecule has 4 heteroatoms. The molecular formula is C11H16N2O2. The third-order valence-electron chi connectivity index (χ3n) is 2.56. The van der Waals surface area contributed by atoms with Gasteiger partial charge in [-0.25, -0.2) is 0 Å². The molecular weight excluding hydrogens is 192 g/mol. The maximum atomic E-state index is 11.7. The van der Waals surface area contributed by atoms with Gasteiger partial charge in [0.05, 0.1) is 12.6 Å². The van der Waals surface area contributed by atoms with Crippen LogP contribution in [0.3, 0.4) is 0 Å². The topological polar surface area (TPSA) is 49.4 Å². The molecule has 1 saturated heterocycles. The van der Waals surface area contributed by atoms with Crippen LogP contribution in [-0.4, -0.2) is 35.3 Å². The molecule has 15 heavy (non-hydrogen) atoms. The van der Waals surface area contributed by atoms with Gasteiger partial charge < -0.3 is 10.2 Å². The van der Waals surface area contributed by atoms with Gasteiger partial charge in [0, 0.05) is 0 Å². The highest BCUT2D eigenvalue weighted by molar-refractivity contribution is 5.95. The summed E-state index contributed by atoms with van der Waals surface area (Å²) in [6.45, 7) is 5.61. The monoisotopic (exact) mass is 208 g/mol. The Balaban J connectivity index is 2.99. The lowest BCUT2D eigenvalue weighted by Crippen LogP contribution is -2.62. The largest absolute Gasteiger partial charge is 0.345 e. The zero-order valence-corrected chi connectivity index (χ0v) is 9.28. The van der Waals surface area contributed by atoms with Gasteiger partial charge in [-0.05, 0) is 12.8 Å². The molecule has 1 N–H and O–H groups in total. The van der Waals surface area contributed by atoms with Gasteiger partial charge in [-0.2, -0.15) is 0 Å². The summed E-state index contributed by atoms with van der Waals surface area (Å²) in [7, 11) is 0. The third kappa shape index (κ3) is 2.12. The molecule has 0 radical (unpaired) electrons. The lowest BCUT2D eigenvalue weighted by atomic mass is 9.98. The Bertz CT molecular complexity index is 317. The lowest BCUT2D eigenvalue weighted by Gasteiger charge is -2.39. The van der Waals surface area contributed by atoms with Crippen molar-refractivity contribution in [2.75, 3.05) is 6.54 Å². The van der Waals surface area contributed by atoms with Crippen LogP contribution in [-0.2, 0) is 9.59 Å². The summed E-state index contributed by atoms with van der Waals surface area (Å²) in [5.41, 5.74) is 0. The van der Waals surface area contributed by atoms with E-state index in [0.717, 1.165) is 0 Å². The number of rotatable bonds is 2. The number of nitrogens with one attached hydrogen (secondary N) is 1. The van der Waals surface area contributed by atoms with Crippen molar-refractivity contribution in [2.24, 2.45) is 5.92 Å². The summed E-state index contributed by atoms with van der Waals surface area (Å²) < 4.78 is 0. The molecule has 2 amide bonds. The Hall–Kier alpha value is -1.50. The van der Waals surface area contributed by atoms with E-state index in [1.54, 1.807) is 6.92 Å². The summed E-state index contributed by atoms with van der Waals surface area (Å²) in [6, 6.07) is -0.784. The smallest absolute Gasteiger partial charge is 0.243 e. The Morgan fingerprint density at radius 3 is 2.53 bits per heavy atom. The van der Waals surface area contributed by atoms with Gasteiger partial charge in [0.1, 0.15) is 6.04 Å². The second-order valence-corrected chi connectivity index (χ2v) is 4.05. The van der Waals surface area contributed by atoms with E-state index in [1.807, 2.05) is 13.8 Å². The molecule has 2 atom stereocenters. The second-order valence-electron chi connectivity index (χ2n) is 4.05. The molecule has 1 heterocycles. The first-order chi connectivity index (χ1) is 6.99. The van der Waals surface area contributed by atoms with Crippen molar-refractivity contribution in [2.45, 2.75) is 32.9 Å². The van der Waals surface area contributed by atoms with Crippen molar-refractivity contribution in [3.63, 3.8) is 0 Å². The maximum Gasteiger partial charge on any atom is 0.243 e. The van der Waals surface area contributed by atoms with E-state index in [9.17, 15) is 9.59 Å². The standard InChI is InChI=1S/C11H16N2O2/c1-5-8(4)13-9(14)6-12-11(15)10(13)7(2)3/h1,7-8,10H,6H2,2-4H3,(H,12,15). The number of hydrogen-bond acceptors (Lipinski definition) is 2. The first-order valence-corrected chi connectivity index (χ1v) is 5.04. The fraction of sp³-hybridized carbons (Fsp3) is 0.636. The highest BCUT2D eigenvalue weighted by atomic mass is 16.2.